The molecule has 1 aromatic carbocycles. The third-order valence-electron chi connectivity index (χ3n) is 1.59. The predicted octanol–water partition coefficient (Wildman–Crippen LogP) is 1.61. The Morgan fingerprint density at radius 3 is 2.50 bits per heavy atom. The fourth-order valence-corrected chi connectivity index (χ4v) is 0.996. The highest BCUT2D eigenvalue weighted by atomic mass is 16.2. The van der Waals surface area contributed by atoms with Crippen LogP contribution in [0.2, 0.25) is 0 Å². The lowest BCUT2D eigenvalue weighted by atomic mass is 10.1. The van der Waals surface area contributed by atoms with Gasteiger partial charge in [0.15, 0.2) is 0 Å². The van der Waals surface area contributed by atoms with Gasteiger partial charge in [0.25, 0.3) is 0 Å². The number of aryl methyl sites for hydroxylation is 1. The van der Waals surface area contributed by atoms with Crippen LogP contribution in [0.1, 0.15) is 12.0 Å². The van der Waals surface area contributed by atoms with Crippen molar-refractivity contribution >= 4 is 0 Å². The van der Waals surface area contributed by atoms with Gasteiger partial charge in [-0.2, -0.15) is 0 Å². The summed E-state index contributed by atoms with van der Waals surface area (Å²) >= 11 is 0. The predicted molar refractivity (Wildman–Crippen MR) is 49.6 cm³/mol. The molecule has 1 nitrogen and oxygen atoms in total. The van der Waals surface area contributed by atoms with Crippen LogP contribution >= 0.6 is 0 Å². The molecule has 0 aromatic heterocycles. The number of aliphatic hydroxyl groups is 1. The molecule has 0 heterocycles. The Kier molecular flexibility index (Phi) is 3.97. The molecule has 0 aliphatic rings. The van der Waals surface area contributed by atoms with Crippen molar-refractivity contribution in [1.82, 2.24) is 0 Å². The summed E-state index contributed by atoms with van der Waals surface area (Å²) in [6.45, 7) is -0.0329. The Balaban J connectivity index is 2.34. The summed E-state index contributed by atoms with van der Waals surface area (Å²) < 4.78 is 0. The third-order valence-corrected chi connectivity index (χ3v) is 1.59. The molecular weight excluding hydrogens is 148 g/mol. The second-order valence-corrected chi connectivity index (χ2v) is 2.50. The number of hydrogen-bond acceptors (Lipinski definition) is 1. The van der Waals surface area contributed by atoms with E-state index < -0.39 is 0 Å². The summed E-state index contributed by atoms with van der Waals surface area (Å²) in [5.41, 5.74) is 1.30. The van der Waals surface area contributed by atoms with Gasteiger partial charge in [-0.3, -0.25) is 0 Å². The fourth-order valence-electron chi connectivity index (χ4n) is 0.996. The van der Waals surface area contributed by atoms with Crippen LogP contribution in [0, 0.1) is 11.8 Å². The SMILES string of the molecule is OCC#CCCc1ccccc1. The Hall–Kier alpha value is -1.26. The minimum Gasteiger partial charge on any atom is -0.384 e. The molecule has 0 fully saturated rings. The van der Waals surface area contributed by atoms with Crippen LogP contribution in [-0.4, -0.2) is 11.7 Å². The van der Waals surface area contributed by atoms with E-state index in [1.54, 1.807) is 0 Å². The molecule has 1 N–H and O–H groups in total. The van der Waals surface area contributed by atoms with Crippen LogP contribution in [0.25, 0.3) is 0 Å². The van der Waals surface area contributed by atoms with E-state index in [9.17, 15) is 0 Å². The first-order chi connectivity index (χ1) is 5.93. The van der Waals surface area contributed by atoms with Crippen molar-refractivity contribution in [3.63, 3.8) is 0 Å². The molecule has 0 aliphatic heterocycles. The molecule has 1 rings (SSSR count). The molecule has 1 aromatic rings. The zero-order valence-corrected chi connectivity index (χ0v) is 6.96. The number of hydrogen-bond donors (Lipinski definition) is 1. The summed E-state index contributed by atoms with van der Waals surface area (Å²) in [7, 11) is 0. The minimum atomic E-state index is -0.0329. The molecule has 62 valence electrons. The van der Waals surface area contributed by atoms with Gasteiger partial charge in [-0.1, -0.05) is 36.3 Å². The first-order valence-corrected chi connectivity index (χ1v) is 4.04. The van der Waals surface area contributed by atoms with Gasteiger partial charge in [0, 0.05) is 6.42 Å². The van der Waals surface area contributed by atoms with E-state index in [2.05, 4.69) is 24.0 Å². The van der Waals surface area contributed by atoms with Crippen LogP contribution in [-0.2, 0) is 6.42 Å². The van der Waals surface area contributed by atoms with Crippen LogP contribution in [0.5, 0.6) is 0 Å². The number of aliphatic hydroxyl groups excluding tert-OH is 1. The summed E-state index contributed by atoms with van der Waals surface area (Å²) in [6.07, 6.45) is 1.79. The quantitative estimate of drug-likeness (QED) is 0.652. The maximum Gasteiger partial charge on any atom is 0.104 e. The van der Waals surface area contributed by atoms with Gasteiger partial charge in [-0.25, -0.2) is 0 Å². The van der Waals surface area contributed by atoms with Gasteiger partial charge in [-0.05, 0) is 12.0 Å². The van der Waals surface area contributed by atoms with Gasteiger partial charge in [0.2, 0.25) is 0 Å². The lowest BCUT2D eigenvalue weighted by molar-refractivity contribution is 0.350. The van der Waals surface area contributed by atoms with E-state index in [1.165, 1.54) is 5.56 Å². The van der Waals surface area contributed by atoms with Gasteiger partial charge in [-0.15, -0.1) is 5.92 Å². The monoisotopic (exact) mass is 160 g/mol. The molecule has 0 saturated carbocycles. The Morgan fingerprint density at radius 2 is 1.83 bits per heavy atom. The molecule has 0 radical (unpaired) electrons. The summed E-state index contributed by atoms with van der Waals surface area (Å²) in [5.74, 6) is 5.51. The standard InChI is InChI=1S/C11H12O/c12-10-6-2-5-9-11-7-3-1-4-8-11/h1,3-4,7-8,12H,5,9-10H2. The summed E-state index contributed by atoms with van der Waals surface area (Å²) in [5, 5.41) is 8.39. The highest BCUT2D eigenvalue weighted by Gasteiger charge is 1.86. The van der Waals surface area contributed by atoms with Crippen molar-refractivity contribution in [3.8, 4) is 11.8 Å². The maximum atomic E-state index is 8.39. The fraction of sp³-hybridized carbons (Fsp3) is 0.273. The molecule has 12 heavy (non-hydrogen) atoms. The lowest BCUT2D eigenvalue weighted by Crippen LogP contribution is -1.82. The highest BCUT2D eigenvalue weighted by Crippen LogP contribution is 2.00. The van der Waals surface area contributed by atoms with E-state index in [-0.39, 0.29) is 6.61 Å². The van der Waals surface area contributed by atoms with Crippen molar-refractivity contribution < 1.29 is 5.11 Å². The Morgan fingerprint density at radius 1 is 1.08 bits per heavy atom. The van der Waals surface area contributed by atoms with E-state index in [4.69, 9.17) is 5.11 Å². The van der Waals surface area contributed by atoms with Gasteiger partial charge in [0.1, 0.15) is 6.61 Å². The van der Waals surface area contributed by atoms with E-state index in [1.807, 2.05) is 18.2 Å². The lowest BCUT2D eigenvalue weighted by Gasteiger charge is -1.94. The van der Waals surface area contributed by atoms with Gasteiger partial charge < -0.3 is 5.11 Å². The van der Waals surface area contributed by atoms with Crippen molar-refractivity contribution in [2.24, 2.45) is 0 Å². The molecule has 0 bridgehead atoms. The topological polar surface area (TPSA) is 20.2 Å². The van der Waals surface area contributed by atoms with E-state index >= 15 is 0 Å². The van der Waals surface area contributed by atoms with Gasteiger partial charge >= 0.3 is 0 Å². The van der Waals surface area contributed by atoms with Crippen LogP contribution in [0.15, 0.2) is 30.3 Å². The number of rotatable bonds is 2. The van der Waals surface area contributed by atoms with E-state index in [0.717, 1.165) is 12.8 Å². The van der Waals surface area contributed by atoms with Gasteiger partial charge in [0.05, 0.1) is 0 Å². The Labute approximate surface area is 73.0 Å². The van der Waals surface area contributed by atoms with Crippen LogP contribution in [0.4, 0.5) is 0 Å². The zero-order valence-electron chi connectivity index (χ0n) is 6.96. The minimum absolute atomic E-state index is 0.0329. The molecule has 0 amide bonds. The number of benzene rings is 1. The van der Waals surface area contributed by atoms with Crippen molar-refractivity contribution in [3.05, 3.63) is 35.9 Å². The molecule has 0 saturated heterocycles. The largest absolute Gasteiger partial charge is 0.384 e. The molecule has 0 spiro atoms. The van der Waals surface area contributed by atoms with Crippen molar-refractivity contribution in [2.45, 2.75) is 12.8 Å². The average molecular weight is 160 g/mol. The average Bonchev–Trinajstić information content (AvgIpc) is 2.14. The summed E-state index contributed by atoms with van der Waals surface area (Å²) in [6, 6.07) is 10.2. The molecule has 0 aliphatic carbocycles. The maximum absolute atomic E-state index is 8.39. The molecule has 0 unspecified atom stereocenters. The summed E-state index contributed by atoms with van der Waals surface area (Å²) in [4.78, 5) is 0. The molecule has 0 atom stereocenters. The van der Waals surface area contributed by atoms with E-state index in [0.29, 0.717) is 0 Å². The normalized spacial score (nSPS) is 8.75. The molecular formula is C11H12O. The smallest absolute Gasteiger partial charge is 0.104 e. The van der Waals surface area contributed by atoms with Crippen molar-refractivity contribution in [1.29, 1.82) is 0 Å². The highest BCUT2D eigenvalue weighted by molar-refractivity contribution is 5.16. The zero-order chi connectivity index (χ0) is 8.65. The molecule has 1 heteroatoms. The second-order valence-electron chi connectivity index (χ2n) is 2.50. The second kappa shape index (κ2) is 5.40. The Bertz CT molecular complexity index is 266. The first-order valence-electron chi connectivity index (χ1n) is 4.04. The van der Waals surface area contributed by atoms with Crippen molar-refractivity contribution in [2.75, 3.05) is 6.61 Å². The first kappa shape index (κ1) is 8.83. The van der Waals surface area contributed by atoms with Crippen LogP contribution < -0.4 is 0 Å². The van der Waals surface area contributed by atoms with Crippen LogP contribution in [0.3, 0.4) is 0 Å². The third kappa shape index (κ3) is 3.23.